The zero-order valence-electron chi connectivity index (χ0n) is 17.1. The van der Waals surface area contributed by atoms with E-state index in [0.29, 0.717) is 22.9 Å². The number of ether oxygens (including phenoxy) is 1. The van der Waals surface area contributed by atoms with Crippen LogP contribution >= 0.6 is 11.3 Å². The summed E-state index contributed by atoms with van der Waals surface area (Å²) in [5.41, 5.74) is 0. The summed E-state index contributed by atoms with van der Waals surface area (Å²) in [6.07, 6.45) is 1.33. The molecule has 1 N–H and O–H groups in total. The third kappa shape index (κ3) is 4.90. The summed E-state index contributed by atoms with van der Waals surface area (Å²) in [5, 5.41) is 8.59. The molecule has 11 heteroatoms. The topological polar surface area (TPSA) is 111 Å². The zero-order valence-corrected chi connectivity index (χ0v) is 18.8. The first-order valence-corrected chi connectivity index (χ1v) is 12.1. The van der Waals surface area contributed by atoms with E-state index in [2.05, 4.69) is 10.4 Å². The van der Waals surface area contributed by atoms with Gasteiger partial charge in [0.05, 0.1) is 12.1 Å². The Bertz CT molecular complexity index is 976. The van der Waals surface area contributed by atoms with Crippen molar-refractivity contribution < 1.29 is 22.7 Å². The van der Waals surface area contributed by atoms with Crippen molar-refractivity contribution in [2.24, 2.45) is 5.92 Å². The number of sulfonamides is 1. The van der Waals surface area contributed by atoms with Crippen molar-refractivity contribution in [3.63, 3.8) is 0 Å². The van der Waals surface area contributed by atoms with Gasteiger partial charge in [-0.25, -0.2) is 13.1 Å². The van der Waals surface area contributed by atoms with Crippen LogP contribution in [0.1, 0.15) is 39.7 Å². The van der Waals surface area contributed by atoms with Gasteiger partial charge in [-0.2, -0.15) is 9.40 Å². The first-order valence-electron chi connectivity index (χ1n) is 9.78. The summed E-state index contributed by atoms with van der Waals surface area (Å²) in [7, 11) is -3.52. The van der Waals surface area contributed by atoms with Crippen LogP contribution < -0.4 is 5.32 Å². The summed E-state index contributed by atoms with van der Waals surface area (Å²) in [5.74, 6) is -0.826. The number of nitrogens with zero attached hydrogens (tertiary/aromatic N) is 3. The summed E-state index contributed by atoms with van der Waals surface area (Å²) >= 11 is 1.17. The number of carbonyl (C=O) groups is 2. The Labute approximate surface area is 180 Å². The number of carbonyl (C=O) groups excluding carboxylic acids is 2. The molecule has 1 aliphatic rings. The smallest absolute Gasteiger partial charge is 0.309 e. The van der Waals surface area contributed by atoms with Crippen LogP contribution in [0, 0.1) is 5.92 Å². The van der Waals surface area contributed by atoms with Crippen LogP contribution in [0.4, 0.5) is 5.82 Å². The molecule has 3 heterocycles. The molecule has 1 saturated heterocycles. The Morgan fingerprint density at radius 3 is 2.53 bits per heavy atom. The fourth-order valence-corrected chi connectivity index (χ4v) is 5.86. The average molecular weight is 455 g/mol. The highest BCUT2D eigenvalue weighted by Crippen LogP contribution is 2.27. The highest BCUT2D eigenvalue weighted by Gasteiger charge is 2.34. The lowest BCUT2D eigenvalue weighted by Gasteiger charge is -2.30. The van der Waals surface area contributed by atoms with E-state index >= 15 is 0 Å². The minimum Gasteiger partial charge on any atom is -0.452 e. The van der Waals surface area contributed by atoms with Gasteiger partial charge in [-0.3, -0.25) is 9.59 Å². The lowest BCUT2D eigenvalue weighted by molar-refractivity contribution is -0.158. The van der Waals surface area contributed by atoms with Gasteiger partial charge in [-0.15, -0.1) is 11.3 Å². The number of amides is 1. The van der Waals surface area contributed by atoms with E-state index in [-0.39, 0.29) is 19.1 Å². The highest BCUT2D eigenvalue weighted by molar-refractivity contribution is 7.91. The SMILES string of the molecule is CC(C)n1nccc1NC(=O)[C@@H](C)OC(=O)C1CCN(S(=O)(=O)c2cccs2)CC1. The Hall–Kier alpha value is -2.24. The molecule has 0 aromatic carbocycles. The van der Waals surface area contributed by atoms with E-state index in [1.54, 1.807) is 34.5 Å². The van der Waals surface area contributed by atoms with Crippen LogP contribution in [-0.4, -0.2) is 53.6 Å². The van der Waals surface area contributed by atoms with Crippen molar-refractivity contribution in [1.29, 1.82) is 0 Å². The average Bonchev–Trinajstić information content (AvgIpc) is 3.40. The predicted molar refractivity (Wildman–Crippen MR) is 113 cm³/mol. The Balaban J connectivity index is 1.51. The Kier molecular flexibility index (Phi) is 6.94. The lowest BCUT2D eigenvalue weighted by Crippen LogP contribution is -2.41. The van der Waals surface area contributed by atoms with Crippen LogP contribution in [0.25, 0.3) is 0 Å². The maximum absolute atomic E-state index is 12.6. The number of anilines is 1. The molecule has 9 nitrogen and oxygen atoms in total. The van der Waals surface area contributed by atoms with Crippen molar-refractivity contribution in [3.8, 4) is 0 Å². The molecule has 2 aromatic heterocycles. The van der Waals surface area contributed by atoms with Gasteiger partial charge < -0.3 is 10.1 Å². The van der Waals surface area contributed by atoms with E-state index in [1.165, 1.54) is 22.6 Å². The van der Waals surface area contributed by atoms with E-state index in [1.807, 2.05) is 13.8 Å². The van der Waals surface area contributed by atoms with Crippen molar-refractivity contribution in [3.05, 3.63) is 29.8 Å². The second-order valence-corrected chi connectivity index (χ2v) is 10.5. The van der Waals surface area contributed by atoms with Crippen LogP contribution in [0.15, 0.2) is 34.0 Å². The fourth-order valence-electron chi connectivity index (χ4n) is 3.25. The number of rotatable bonds is 7. The number of hydrogen-bond donors (Lipinski definition) is 1. The molecule has 0 saturated carbocycles. The molecule has 1 aliphatic heterocycles. The molecule has 1 amide bonds. The van der Waals surface area contributed by atoms with Gasteiger partial charge in [0, 0.05) is 25.2 Å². The molecular weight excluding hydrogens is 428 g/mol. The van der Waals surface area contributed by atoms with Gasteiger partial charge in [0.15, 0.2) is 6.10 Å². The van der Waals surface area contributed by atoms with Crippen molar-refractivity contribution in [1.82, 2.24) is 14.1 Å². The van der Waals surface area contributed by atoms with Gasteiger partial charge in [-0.05, 0) is 45.1 Å². The second kappa shape index (κ2) is 9.27. The molecule has 0 unspecified atom stereocenters. The molecule has 1 fully saturated rings. The lowest BCUT2D eigenvalue weighted by atomic mass is 9.98. The minimum absolute atomic E-state index is 0.0730. The molecule has 0 spiro atoms. The van der Waals surface area contributed by atoms with Gasteiger partial charge >= 0.3 is 5.97 Å². The molecule has 2 aromatic rings. The molecule has 0 radical (unpaired) electrons. The number of thiophene rings is 1. The van der Waals surface area contributed by atoms with Crippen molar-refractivity contribution in [2.45, 2.75) is 50.0 Å². The number of nitrogens with one attached hydrogen (secondary N) is 1. The van der Waals surface area contributed by atoms with E-state index in [0.717, 1.165) is 0 Å². The normalized spacial score (nSPS) is 17.1. The van der Waals surface area contributed by atoms with Crippen LogP contribution in [0.3, 0.4) is 0 Å². The maximum atomic E-state index is 12.6. The largest absolute Gasteiger partial charge is 0.452 e. The molecule has 0 aliphatic carbocycles. The third-order valence-electron chi connectivity index (χ3n) is 4.95. The predicted octanol–water partition coefficient (Wildman–Crippen LogP) is 2.50. The summed E-state index contributed by atoms with van der Waals surface area (Å²) in [4.78, 5) is 24.9. The molecular formula is C19H26N4O5S2. The Morgan fingerprint density at radius 2 is 1.93 bits per heavy atom. The number of hydrogen-bond acceptors (Lipinski definition) is 7. The zero-order chi connectivity index (χ0) is 21.9. The van der Waals surface area contributed by atoms with Gasteiger partial charge in [-0.1, -0.05) is 6.07 Å². The van der Waals surface area contributed by atoms with Crippen LogP contribution in [0.2, 0.25) is 0 Å². The first kappa shape index (κ1) is 22.4. The fraction of sp³-hybridized carbons (Fsp3) is 0.526. The molecule has 1 atom stereocenters. The minimum atomic E-state index is -3.52. The third-order valence-corrected chi connectivity index (χ3v) is 8.22. The van der Waals surface area contributed by atoms with E-state index in [4.69, 9.17) is 4.74 Å². The molecule has 0 bridgehead atoms. The monoisotopic (exact) mass is 454 g/mol. The highest BCUT2D eigenvalue weighted by atomic mass is 32.2. The molecule has 164 valence electrons. The molecule has 3 rings (SSSR count). The quantitative estimate of drug-likeness (QED) is 0.644. The standard InChI is InChI=1S/C19H26N4O5S2/c1-13(2)23-16(6-9-20-23)21-18(24)14(3)28-19(25)15-7-10-22(11-8-15)30(26,27)17-5-4-12-29-17/h4-6,9,12-15H,7-8,10-11H2,1-3H3,(H,21,24)/t14-/m1/s1. The van der Waals surface area contributed by atoms with E-state index in [9.17, 15) is 18.0 Å². The summed E-state index contributed by atoms with van der Waals surface area (Å²) in [6, 6.07) is 5.02. The summed E-state index contributed by atoms with van der Waals surface area (Å²) in [6.45, 7) is 5.89. The van der Waals surface area contributed by atoms with Crippen molar-refractivity contribution in [2.75, 3.05) is 18.4 Å². The number of aromatic nitrogens is 2. The number of esters is 1. The van der Waals surface area contributed by atoms with Crippen LogP contribution in [-0.2, 0) is 24.3 Å². The number of piperidine rings is 1. The summed E-state index contributed by atoms with van der Waals surface area (Å²) < 4.78 is 33.9. The Morgan fingerprint density at radius 1 is 1.23 bits per heavy atom. The van der Waals surface area contributed by atoms with Gasteiger partial charge in [0.2, 0.25) is 0 Å². The van der Waals surface area contributed by atoms with Crippen LogP contribution in [0.5, 0.6) is 0 Å². The maximum Gasteiger partial charge on any atom is 0.309 e. The van der Waals surface area contributed by atoms with Gasteiger partial charge in [0.25, 0.3) is 15.9 Å². The van der Waals surface area contributed by atoms with Crippen molar-refractivity contribution >= 4 is 39.1 Å². The van der Waals surface area contributed by atoms with Gasteiger partial charge in [0.1, 0.15) is 10.0 Å². The first-order chi connectivity index (χ1) is 14.2. The molecule has 30 heavy (non-hydrogen) atoms. The van der Waals surface area contributed by atoms with E-state index < -0.39 is 33.9 Å². The second-order valence-electron chi connectivity index (χ2n) is 7.43.